The van der Waals surface area contributed by atoms with E-state index in [0.717, 1.165) is 6.07 Å². The van der Waals surface area contributed by atoms with E-state index in [4.69, 9.17) is 5.73 Å². The molecule has 69 valence electrons. The van der Waals surface area contributed by atoms with Gasteiger partial charge in [-0.05, 0) is 12.1 Å². The van der Waals surface area contributed by atoms with Crippen LogP contribution in [0.15, 0.2) is 12.1 Å². The van der Waals surface area contributed by atoms with Gasteiger partial charge in [0.2, 0.25) is 0 Å². The third-order valence-electron chi connectivity index (χ3n) is 1.22. The molecule has 0 saturated carbocycles. The van der Waals surface area contributed by atoms with E-state index in [1.54, 1.807) is 0 Å². The number of nitrogens with zero attached hydrogens (tertiary/aromatic N) is 1. The van der Waals surface area contributed by atoms with E-state index >= 15 is 0 Å². The largest absolute Gasteiger partial charge is 0.433 e. The van der Waals surface area contributed by atoms with Crippen LogP contribution < -0.4 is 5.73 Å². The summed E-state index contributed by atoms with van der Waals surface area (Å²) in [4.78, 5) is 13.4. The lowest BCUT2D eigenvalue weighted by Crippen LogP contribution is -2.16. The molecule has 0 bridgehead atoms. The van der Waals surface area contributed by atoms with Gasteiger partial charge in [-0.3, -0.25) is 4.79 Å². The van der Waals surface area contributed by atoms with E-state index in [9.17, 15) is 18.0 Å². The SMILES string of the molecule is NC(=O)c1[c]ccc(C(F)(F)F)n1. The standard InChI is InChI=1S/C7H4F3N2O/c8-7(9,10)5-3-1-2-4(12-5)6(11)13/h1,3H,(H2,11,13). The van der Waals surface area contributed by atoms with Crippen LogP contribution in [0.5, 0.6) is 0 Å². The van der Waals surface area contributed by atoms with Crippen LogP contribution in [-0.2, 0) is 6.18 Å². The van der Waals surface area contributed by atoms with Crippen molar-refractivity contribution in [2.45, 2.75) is 6.18 Å². The highest BCUT2D eigenvalue weighted by molar-refractivity contribution is 5.90. The molecule has 1 aromatic rings. The Labute approximate surface area is 71.4 Å². The lowest BCUT2D eigenvalue weighted by molar-refractivity contribution is -0.141. The molecule has 1 aromatic heterocycles. The highest BCUT2D eigenvalue weighted by Crippen LogP contribution is 2.27. The Bertz CT molecular complexity index is 335. The van der Waals surface area contributed by atoms with Gasteiger partial charge in [-0.25, -0.2) is 4.98 Å². The van der Waals surface area contributed by atoms with Crippen LogP contribution in [0.3, 0.4) is 0 Å². The lowest BCUT2D eigenvalue weighted by atomic mass is 10.3. The van der Waals surface area contributed by atoms with Crippen LogP contribution in [0, 0.1) is 6.07 Å². The number of amides is 1. The summed E-state index contributed by atoms with van der Waals surface area (Å²) >= 11 is 0. The van der Waals surface area contributed by atoms with Gasteiger partial charge in [0.05, 0.1) is 0 Å². The summed E-state index contributed by atoms with van der Waals surface area (Å²) < 4.78 is 36.0. The number of halogens is 3. The number of carbonyl (C=O) groups is 1. The van der Waals surface area contributed by atoms with Crippen LogP contribution in [0.1, 0.15) is 16.2 Å². The van der Waals surface area contributed by atoms with Crippen molar-refractivity contribution < 1.29 is 18.0 Å². The maximum Gasteiger partial charge on any atom is 0.433 e. The summed E-state index contributed by atoms with van der Waals surface area (Å²) in [6.07, 6.45) is -4.57. The quantitative estimate of drug-likeness (QED) is 0.716. The van der Waals surface area contributed by atoms with E-state index in [-0.39, 0.29) is 0 Å². The topological polar surface area (TPSA) is 56.0 Å². The summed E-state index contributed by atoms with van der Waals surface area (Å²) in [5, 5.41) is 0. The molecule has 0 aromatic carbocycles. The van der Waals surface area contributed by atoms with E-state index in [1.165, 1.54) is 0 Å². The molecule has 0 aliphatic heterocycles. The molecule has 3 nitrogen and oxygen atoms in total. The fourth-order valence-corrected chi connectivity index (χ4v) is 0.674. The van der Waals surface area contributed by atoms with E-state index in [0.29, 0.717) is 6.07 Å². The van der Waals surface area contributed by atoms with Crippen LogP contribution in [0.25, 0.3) is 0 Å². The van der Waals surface area contributed by atoms with Crippen molar-refractivity contribution >= 4 is 5.91 Å². The van der Waals surface area contributed by atoms with Gasteiger partial charge >= 0.3 is 6.18 Å². The second kappa shape index (κ2) is 3.04. The summed E-state index contributed by atoms with van der Waals surface area (Å²) in [5.41, 5.74) is 3.05. The van der Waals surface area contributed by atoms with E-state index in [2.05, 4.69) is 11.1 Å². The fourth-order valence-electron chi connectivity index (χ4n) is 0.674. The van der Waals surface area contributed by atoms with Gasteiger partial charge in [-0.2, -0.15) is 13.2 Å². The first-order valence-electron chi connectivity index (χ1n) is 3.17. The predicted octanol–water partition coefficient (Wildman–Crippen LogP) is 0.999. The number of hydrogen-bond donors (Lipinski definition) is 1. The first-order chi connectivity index (χ1) is 5.91. The molecular formula is C7H4F3N2O. The average Bonchev–Trinajstić information content (AvgIpc) is 2.03. The van der Waals surface area contributed by atoms with Gasteiger partial charge in [-0.1, -0.05) is 0 Å². The average molecular weight is 189 g/mol. The molecule has 0 unspecified atom stereocenters. The molecular weight excluding hydrogens is 185 g/mol. The molecule has 0 aliphatic carbocycles. The third-order valence-corrected chi connectivity index (χ3v) is 1.22. The van der Waals surface area contributed by atoms with Crippen molar-refractivity contribution in [3.8, 4) is 0 Å². The van der Waals surface area contributed by atoms with Crippen LogP contribution in [0.4, 0.5) is 13.2 Å². The van der Waals surface area contributed by atoms with Gasteiger partial charge < -0.3 is 5.73 Å². The Hall–Kier alpha value is -1.59. The minimum atomic E-state index is -4.57. The molecule has 6 heteroatoms. The van der Waals surface area contributed by atoms with Crippen LogP contribution >= 0.6 is 0 Å². The minimum Gasteiger partial charge on any atom is -0.364 e. The first-order valence-corrected chi connectivity index (χ1v) is 3.17. The third kappa shape index (κ3) is 2.17. The predicted molar refractivity (Wildman–Crippen MR) is 36.6 cm³/mol. The van der Waals surface area contributed by atoms with E-state index in [1.807, 2.05) is 0 Å². The number of nitrogens with two attached hydrogens (primary N) is 1. The Kier molecular flexibility index (Phi) is 2.22. The smallest absolute Gasteiger partial charge is 0.364 e. The molecule has 0 atom stereocenters. The molecule has 1 radical (unpaired) electrons. The lowest BCUT2D eigenvalue weighted by Gasteiger charge is -2.04. The van der Waals surface area contributed by atoms with Gasteiger partial charge in [0.1, 0.15) is 11.4 Å². The summed E-state index contributed by atoms with van der Waals surface area (Å²) in [6.45, 7) is 0. The van der Waals surface area contributed by atoms with Gasteiger partial charge in [0.25, 0.3) is 5.91 Å². The minimum absolute atomic E-state index is 0.519. The number of carbonyl (C=O) groups excluding carboxylic acids is 1. The fraction of sp³-hybridized carbons (Fsp3) is 0.143. The monoisotopic (exact) mass is 189 g/mol. The molecule has 1 heterocycles. The molecule has 0 spiro atoms. The second-order valence-corrected chi connectivity index (χ2v) is 2.19. The van der Waals surface area contributed by atoms with Crippen molar-refractivity contribution in [2.75, 3.05) is 0 Å². The zero-order valence-electron chi connectivity index (χ0n) is 6.22. The number of hydrogen-bond acceptors (Lipinski definition) is 2. The zero-order chi connectivity index (χ0) is 10.1. The second-order valence-electron chi connectivity index (χ2n) is 2.19. The number of alkyl halides is 3. The van der Waals surface area contributed by atoms with Gasteiger partial charge in [-0.15, -0.1) is 0 Å². The van der Waals surface area contributed by atoms with Crippen molar-refractivity contribution in [3.05, 3.63) is 29.6 Å². The van der Waals surface area contributed by atoms with Crippen molar-refractivity contribution in [2.24, 2.45) is 5.73 Å². The summed E-state index contributed by atoms with van der Waals surface area (Å²) in [5.74, 6) is -1.04. The zero-order valence-corrected chi connectivity index (χ0v) is 6.22. The van der Waals surface area contributed by atoms with Crippen molar-refractivity contribution in [1.82, 2.24) is 4.98 Å². The molecule has 0 aliphatic rings. The van der Waals surface area contributed by atoms with Gasteiger partial charge in [0.15, 0.2) is 0 Å². The Morgan fingerprint density at radius 1 is 1.54 bits per heavy atom. The molecule has 1 amide bonds. The maximum atomic E-state index is 12.0. The first kappa shape index (κ1) is 9.50. The normalized spacial score (nSPS) is 11.3. The molecule has 2 N–H and O–H groups in total. The van der Waals surface area contributed by atoms with Crippen molar-refractivity contribution in [1.29, 1.82) is 0 Å². The number of rotatable bonds is 1. The number of pyridine rings is 1. The number of primary amides is 1. The van der Waals surface area contributed by atoms with Gasteiger partial charge in [0, 0.05) is 6.07 Å². The number of aromatic nitrogens is 1. The molecule has 13 heavy (non-hydrogen) atoms. The Morgan fingerprint density at radius 3 is 2.62 bits per heavy atom. The van der Waals surface area contributed by atoms with Crippen LogP contribution in [0.2, 0.25) is 0 Å². The summed E-state index contributed by atoms with van der Waals surface area (Å²) in [7, 11) is 0. The Morgan fingerprint density at radius 2 is 2.15 bits per heavy atom. The molecule has 0 fully saturated rings. The molecule has 1 rings (SSSR count). The van der Waals surface area contributed by atoms with Crippen molar-refractivity contribution in [3.63, 3.8) is 0 Å². The summed E-state index contributed by atoms with van der Waals surface area (Å²) in [6, 6.07) is 3.86. The van der Waals surface area contributed by atoms with E-state index < -0.39 is 23.5 Å². The highest BCUT2D eigenvalue weighted by atomic mass is 19.4. The Balaban J connectivity index is 3.13. The molecule has 0 saturated heterocycles. The maximum absolute atomic E-state index is 12.0. The van der Waals surface area contributed by atoms with Crippen LogP contribution in [-0.4, -0.2) is 10.9 Å². The highest BCUT2D eigenvalue weighted by Gasteiger charge is 2.32.